The van der Waals surface area contributed by atoms with E-state index in [1.807, 2.05) is 54.6 Å². The second kappa shape index (κ2) is 9.76. The van der Waals surface area contributed by atoms with Gasteiger partial charge in [0.1, 0.15) is 12.4 Å². The number of carbonyl (C=O) groups excluding carboxylic acids is 1. The minimum Gasteiger partial charge on any atom is -0.489 e. The number of halogens is 3. The van der Waals surface area contributed by atoms with Gasteiger partial charge in [-0.2, -0.15) is 0 Å². The van der Waals surface area contributed by atoms with Crippen LogP contribution in [0.2, 0.25) is 10.0 Å². The van der Waals surface area contributed by atoms with Crippen molar-refractivity contribution < 1.29 is 9.53 Å². The number of nitrogens with zero attached hydrogens (tertiary/aromatic N) is 1. The molecule has 3 aromatic rings. The lowest BCUT2D eigenvalue weighted by Crippen LogP contribution is -2.27. The highest BCUT2D eigenvalue weighted by Crippen LogP contribution is 2.38. The molecule has 1 aliphatic heterocycles. The van der Waals surface area contributed by atoms with Crippen molar-refractivity contribution in [1.82, 2.24) is 0 Å². The normalized spacial score (nSPS) is 15.1. The maximum atomic E-state index is 12.9. The zero-order valence-electron chi connectivity index (χ0n) is 15.8. The lowest BCUT2D eigenvalue weighted by Gasteiger charge is -2.15. The van der Waals surface area contributed by atoms with Gasteiger partial charge in [0.2, 0.25) is 0 Å². The van der Waals surface area contributed by atoms with Gasteiger partial charge in [0, 0.05) is 15.1 Å². The Bertz CT molecular complexity index is 1200. The second-order valence-corrected chi connectivity index (χ2v) is 9.91. The molecule has 0 atom stereocenters. The summed E-state index contributed by atoms with van der Waals surface area (Å²) in [7, 11) is 0. The van der Waals surface area contributed by atoms with E-state index in [4.69, 9.17) is 40.2 Å². The van der Waals surface area contributed by atoms with Crippen LogP contribution in [0, 0.1) is 0 Å². The average molecular weight is 551 g/mol. The first-order chi connectivity index (χ1) is 14.9. The summed E-state index contributed by atoms with van der Waals surface area (Å²) in [5, 5.41) is 1.19. The Morgan fingerprint density at radius 2 is 1.77 bits per heavy atom. The van der Waals surface area contributed by atoms with Crippen LogP contribution >= 0.6 is 63.1 Å². The van der Waals surface area contributed by atoms with Gasteiger partial charge < -0.3 is 4.74 Å². The predicted molar refractivity (Wildman–Crippen MR) is 137 cm³/mol. The first-order valence-corrected chi connectivity index (χ1v) is 11.9. The lowest BCUT2D eigenvalue weighted by molar-refractivity contribution is -0.113. The van der Waals surface area contributed by atoms with E-state index in [0.29, 0.717) is 37.3 Å². The van der Waals surface area contributed by atoms with Crippen molar-refractivity contribution in [1.29, 1.82) is 0 Å². The number of benzene rings is 3. The summed E-state index contributed by atoms with van der Waals surface area (Å²) < 4.78 is 7.04. The second-order valence-electron chi connectivity index (χ2n) is 6.56. The van der Waals surface area contributed by atoms with Crippen LogP contribution in [0.3, 0.4) is 0 Å². The van der Waals surface area contributed by atoms with E-state index in [9.17, 15) is 4.79 Å². The van der Waals surface area contributed by atoms with Crippen molar-refractivity contribution in [2.24, 2.45) is 0 Å². The van der Waals surface area contributed by atoms with Crippen LogP contribution in [0.5, 0.6) is 5.75 Å². The molecule has 0 unspecified atom stereocenters. The van der Waals surface area contributed by atoms with Gasteiger partial charge in [-0.1, -0.05) is 77.5 Å². The van der Waals surface area contributed by atoms with E-state index in [-0.39, 0.29) is 5.91 Å². The standard InChI is InChI=1S/C23H14BrCl2NO2S2/c24-18-10-7-16(12-20(18)26)27-22(28)21(31-23(27)30)11-14-5-8-17(9-6-14)29-13-15-3-1-2-4-19(15)25/h1-12H,13H2/b21-11+. The average Bonchev–Trinajstić information content (AvgIpc) is 3.03. The number of hydrogen-bond acceptors (Lipinski definition) is 4. The fraction of sp³-hybridized carbons (Fsp3) is 0.0435. The quantitative estimate of drug-likeness (QED) is 0.240. The molecule has 0 N–H and O–H groups in total. The molecule has 156 valence electrons. The van der Waals surface area contributed by atoms with E-state index >= 15 is 0 Å². The summed E-state index contributed by atoms with van der Waals surface area (Å²) in [6, 6.07) is 20.4. The van der Waals surface area contributed by atoms with Crippen molar-refractivity contribution in [2.45, 2.75) is 6.61 Å². The molecule has 0 aliphatic carbocycles. The number of rotatable bonds is 5. The van der Waals surface area contributed by atoms with Crippen LogP contribution in [0.25, 0.3) is 6.08 Å². The molecule has 4 rings (SSSR count). The Labute approximate surface area is 208 Å². The molecule has 1 aliphatic rings. The molecule has 1 amide bonds. The van der Waals surface area contributed by atoms with Gasteiger partial charge in [-0.25, -0.2) is 0 Å². The smallest absolute Gasteiger partial charge is 0.270 e. The van der Waals surface area contributed by atoms with E-state index in [2.05, 4.69) is 15.9 Å². The zero-order chi connectivity index (χ0) is 22.0. The van der Waals surface area contributed by atoms with Crippen molar-refractivity contribution in [2.75, 3.05) is 4.90 Å². The third-order valence-corrected chi connectivity index (χ3v) is 7.39. The molecule has 0 bridgehead atoms. The van der Waals surface area contributed by atoms with E-state index in [1.54, 1.807) is 18.2 Å². The van der Waals surface area contributed by atoms with Gasteiger partial charge in [-0.15, -0.1) is 0 Å². The van der Waals surface area contributed by atoms with Crippen LogP contribution in [0.15, 0.2) is 76.1 Å². The molecular formula is C23H14BrCl2NO2S2. The van der Waals surface area contributed by atoms with E-state index < -0.39 is 0 Å². The van der Waals surface area contributed by atoms with Crippen molar-refractivity contribution in [3.05, 3.63) is 97.3 Å². The molecule has 0 aromatic heterocycles. The first kappa shape index (κ1) is 22.4. The number of ether oxygens (including phenoxy) is 1. The van der Waals surface area contributed by atoms with Gasteiger partial charge in [0.15, 0.2) is 4.32 Å². The van der Waals surface area contributed by atoms with Crippen LogP contribution in [-0.4, -0.2) is 10.2 Å². The number of amides is 1. The Morgan fingerprint density at radius 1 is 1.03 bits per heavy atom. The number of anilines is 1. The maximum Gasteiger partial charge on any atom is 0.270 e. The lowest BCUT2D eigenvalue weighted by atomic mass is 10.2. The van der Waals surface area contributed by atoms with Crippen LogP contribution in [-0.2, 0) is 11.4 Å². The fourth-order valence-electron chi connectivity index (χ4n) is 2.90. The summed E-state index contributed by atoms with van der Waals surface area (Å²) in [4.78, 5) is 15.0. The van der Waals surface area contributed by atoms with Gasteiger partial charge in [0.25, 0.3) is 5.91 Å². The molecular weight excluding hydrogens is 537 g/mol. The third-order valence-electron chi connectivity index (χ3n) is 4.49. The maximum absolute atomic E-state index is 12.9. The van der Waals surface area contributed by atoms with Crippen LogP contribution in [0.1, 0.15) is 11.1 Å². The largest absolute Gasteiger partial charge is 0.489 e. The fourth-order valence-corrected chi connectivity index (χ4v) is 4.81. The molecule has 0 radical (unpaired) electrons. The van der Waals surface area contributed by atoms with Crippen LogP contribution < -0.4 is 9.64 Å². The molecule has 0 spiro atoms. The molecule has 1 heterocycles. The van der Waals surface area contributed by atoms with Gasteiger partial charge in [0.05, 0.1) is 15.6 Å². The Balaban J connectivity index is 1.47. The van der Waals surface area contributed by atoms with Crippen LogP contribution in [0.4, 0.5) is 5.69 Å². The predicted octanol–water partition coefficient (Wildman–Crippen LogP) is 7.74. The molecule has 31 heavy (non-hydrogen) atoms. The highest BCUT2D eigenvalue weighted by Gasteiger charge is 2.33. The minimum atomic E-state index is -0.174. The highest BCUT2D eigenvalue weighted by atomic mass is 79.9. The summed E-state index contributed by atoms with van der Waals surface area (Å²) >= 11 is 22.4. The molecule has 3 nitrogen and oxygen atoms in total. The Hall–Kier alpha value is -1.83. The van der Waals surface area contributed by atoms with Crippen molar-refractivity contribution in [3.63, 3.8) is 0 Å². The molecule has 8 heteroatoms. The van der Waals surface area contributed by atoms with E-state index in [0.717, 1.165) is 15.6 Å². The molecule has 1 fully saturated rings. The summed E-state index contributed by atoms with van der Waals surface area (Å²) in [6.45, 7) is 0.382. The summed E-state index contributed by atoms with van der Waals surface area (Å²) in [6.07, 6.45) is 1.82. The highest BCUT2D eigenvalue weighted by molar-refractivity contribution is 9.10. The number of carbonyl (C=O) groups is 1. The first-order valence-electron chi connectivity index (χ1n) is 9.11. The summed E-state index contributed by atoms with van der Waals surface area (Å²) in [5.74, 6) is 0.543. The van der Waals surface area contributed by atoms with E-state index in [1.165, 1.54) is 16.7 Å². The monoisotopic (exact) mass is 549 g/mol. The SMILES string of the molecule is O=C1/C(=C\c2ccc(OCc3ccccc3Cl)cc2)SC(=S)N1c1ccc(Br)c(Cl)c1. The third kappa shape index (κ3) is 5.16. The van der Waals surface area contributed by atoms with Gasteiger partial charge in [-0.05, 0) is 64.0 Å². The molecule has 1 saturated heterocycles. The summed E-state index contributed by atoms with van der Waals surface area (Å²) in [5.41, 5.74) is 2.44. The number of thiocarbonyl (C=S) groups is 1. The zero-order valence-corrected chi connectivity index (χ0v) is 20.6. The molecule has 0 saturated carbocycles. The van der Waals surface area contributed by atoms with Crippen molar-refractivity contribution >= 4 is 85.1 Å². The Morgan fingerprint density at radius 3 is 2.48 bits per heavy atom. The topological polar surface area (TPSA) is 29.5 Å². The van der Waals surface area contributed by atoms with Crippen molar-refractivity contribution in [3.8, 4) is 5.75 Å². The van der Waals surface area contributed by atoms with Gasteiger partial charge >= 0.3 is 0 Å². The minimum absolute atomic E-state index is 0.174. The van der Waals surface area contributed by atoms with Gasteiger partial charge in [-0.3, -0.25) is 9.69 Å². The number of hydrogen-bond donors (Lipinski definition) is 0. The molecule has 3 aromatic carbocycles. The number of thioether (sulfide) groups is 1. The Kier molecular flexibility index (Phi) is 7.04.